The highest BCUT2D eigenvalue weighted by Crippen LogP contribution is 2.20. The minimum atomic E-state index is 0.764. The minimum Gasteiger partial charge on any atom is -0.308 e. The molecular formula is C13H20N2. The van der Waals surface area contributed by atoms with E-state index in [1.54, 1.807) is 0 Å². The molecule has 2 nitrogen and oxygen atoms in total. The predicted octanol–water partition coefficient (Wildman–Crippen LogP) is 1.82. The van der Waals surface area contributed by atoms with Crippen molar-refractivity contribution in [2.45, 2.75) is 19.0 Å². The van der Waals surface area contributed by atoms with Crippen LogP contribution in [0.25, 0.3) is 0 Å². The third-order valence-corrected chi connectivity index (χ3v) is 3.07. The van der Waals surface area contributed by atoms with Crippen molar-refractivity contribution in [2.24, 2.45) is 0 Å². The Labute approximate surface area is 92.5 Å². The van der Waals surface area contributed by atoms with E-state index in [9.17, 15) is 0 Å². The summed E-state index contributed by atoms with van der Waals surface area (Å²) in [5, 5.41) is 0. The van der Waals surface area contributed by atoms with Crippen molar-refractivity contribution in [3.63, 3.8) is 0 Å². The molecule has 82 valence electrons. The monoisotopic (exact) mass is 204 g/mol. The highest BCUT2D eigenvalue weighted by Gasteiger charge is 2.27. The Morgan fingerprint density at radius 3 is 2.53 bits per heavy atom. The van der Waals surface area contributed by atoms with Gasteiger partial charge >= 0.3 is 0 Å². The van der Waals surface area contributed by atoms with Gasteiger partial charge in [0.25, 0.3) is 0 Å². The molecule has 0 N–H and O–H groups in total. The molecule has 0 aliphatic carbocycles. The molecule has 2 heteroatoms. The number of nitrogens with zero attached hydrogens (tertiary/aromatic N) is 2. The number of likely N-dealkylation sites (N-methyl/N-ethyl adjacent to an activating group) is 1. The van der Waals surface area contributed by atoms with E-state index in [0.717, 1.165) is 12.6 Å². The summed E-state index contributed by atoms with van der Waals surface area (Å²) in [7, 11) is 4.30. The molecule has 15 heavy (non-hydrogen) atoms. The first-order valence-electron chi connectivity index (χ1n) is 5.68. The summed E-state index contributed by atoms with van der Waals surface area (Å²) in [5.41, 5.74) is 1.43. The van der Waals surface area contributed by atoms with Crippen molar-refractivity contribution in [3.8, 4) is 0 Å². The third-order valence-electron chi connectivity index (χ3n) is 3.07. The molecule has 1 aromatic rings. The molecule has 1 fully saturated rings. The number of benzene rings is 1. The molecular weight excluding hydrogens is 184 g/mol. The Hall–Kier alpha value is -0.860. The lowest BCUT2D eigenvalue weighted by Crippen LogP contribution is -2.51. The maximum atomic E-state index is 2.56. The van der Waals surface area contributed by atoms with Crippen LogP contribution in [0, 0.1) is 0 Å². The Morgan fingerprint density at radius 2 is 2.00 bits per heavy atom. The predicted molar refractivity (Wildman–Crippen MR) is 63.8 cm³/mol. The molecule has 0 aromatic heterocycles. The Balaban J connectivity index is 1.85. The lowest BCUT2D eigenvalue weighted by molar-refractivity contribution is 0.0613. The Morgan fingerprint density at radius 1 is 1.27 bits per heavy atom. The number of likely N-dealkylation sites (tertiary alicyclic amines) is 1. The molecule has 0 bridgehead atoms. The summed E-state index contributed by atoms with van der Waals surface area (Å²) in [6, 6.07) is 11.5. The average molecular weight is 204 g/mol. The van der Waals surface area contributed by atoms with Crippen LogP contribution in [0.15, 0.2) is 30.3 Å². The van der Waals surface area contributed by atoms with Gasteiger partial charge in [-0.1, -0.05) is 30.3 Å². The quantitative estimate of drug-likeness (QED) is 0.738. The SMILES string of the molecule is CN(C)CC1CCN1Cc1ccccc1. The van der Waals surface area contributed by atoms with Gasteiger partial charge in [0, 0.05) is 25.7 Å². The van der Waals surface area contributed by atoms with E-state index in [-0.39, 0.29) is 0 Å². The molecule has 1 aliphatic rings. The Kier molecular flexibility index (Phi) is 3.39. The van der Waals surface area contributed by atoms with E-state index in [1.807, 2.05) is 0 Å². The zero-order valence-corrected chi connectivity index (χ0v) is 9.69. The van der Waals surface area contributed by atoms with Gasteiger partial charge in [-0.25, -0.2) is 0 Å². The second-order valence-corrected chi connectivity index (χ2v) is 4.66. The zero-order valence-electron chi connectivity index (χ0n) is 9.69. The first kappa shape index (κ1) is 10.7. The van der Waals surface area contributed by atoms with Crippen molar-refractivity contribution in [3.05, 3.63) is 35.9 Å². The molecule has 1 saturated heterocycles. The van der Waals surface area contributed by atoms with E-state index in [1.165, 1.54) is 25.1 Å². The first-order valence-corrected chi connectivity index (χ1v) is 5.68. The molecule has 1 aliphatic heterocycles. The second-order valence-electron chi connectivity index (χ2n) is 4.66. The maximum absolute atomic E-state index is 2.56. The van der Waals surface area contributed by atoms with Crippen LogP contribution in [0.2, 0.25) is 0 Å². The zero-order chi connectivity index (χ0) is 10.7. The summed E-state index contributed by atoms with van der Waals surface area (Å²) >= 11 is 0. The number of rotatable bonds is 4. The third kappa shape index (κ3) is 2.80. The van der Waals surface area contributed by atoms with Crippen LogP contribution >= 0.6 is 0 Å². The van der Waals surface area contributed by atoms with Crippen LogP contribution in [-0.4, -0.2) is 43.0 Å². The maximum Gasteiger partial charge on any atom is 0.0238 e. The summed E-state index contributed by atoms with van der Waals surface area (Å²) in [6.45, 7) is 3.56. The molecule has 0 radical (unpaired) electrons. The van der Waals surface area contributed by atoms with E-state index in [4.69, 9.17) is 0 Å². The van der Waals surface area contributed by atoms with Crippen molar-refractivity contribution < 1.29 is 0 Å². The van der Waals surface area contributed by atoms with Gasteiger partial charge in [0.05, 0.1) is 0 Å². The highest BCUT2D eigenvalue weighted by atomic mass is 15.2. The van der Waals surface area contributed by atoms with E-state index in [2.05, 4.69) is 54.2 Å². The van der Waals surface area contributed by atoms with E-state index < -0.39 is 0 Å². The molecule has 2 rings (SSSR count). The molecule has 1 atom stereocenters. The minimum absolute atomic E-state index is 0.764. The highest BCUT2D eigenvalue weighted by molar-refractivity contribution is 5.15. The normalized spacial score (nSPS) is 21.7. The van der Waals surface area contributed by atoms with Gasteiger partial charge in [-0.2, -0.15) is 0 Å². The molecule has 0 saturated carbocycles. The standard InChI is InChI=1S/C13H20N2/c1-14(2)11-13-8-9-15(13)10-12-6-4-3-5-7-12/h3-7,13H,8-11H2,1-2H3. The smallest absolute Gasteiger partial charge is 0.0238 e. The van der Waals surface area contributed by atoms with Crippen molar-refractivity contribution in [1.29, 1.82) is 0 Å². The lowest BCUT2D eigenvalue weighted by Gasteiger charge is -2.42. The van der Waals surface area contributed by atoms with E-state index >= 15 is 0 Å². The molecule has 1 aromatic carbocycles. The second kappa shape index (κ2) is 4.77. The van der Waals surface area contributed by atoms with Crippen LogP contribution in [0.3, 0.4) is 0 Å². The summed E-state index contributed by atoms with van der Waals surface area (Å²) in [5.74, 6) is 0. The Bertz CT molecular complexity index is 295. The van der Waals surface area contributed by atoms with Crippen molar-refractivity contribution >= 4 is 0 Å². The van der Waals surface area contributed by atoms with Crippen LogP contribution in [0.4, 0.5) is 0 Å². The van der Waals surface area contributed by atoms with Crippen molar-refractivity contribution in [2.75, 3.05) is 27.2 Å². The fourth-order valence-electron chi connectivity index (χ4n) is 2.15. The molecule has 1 heterocycles. The summed E-state index contributed by atoms with van der Waals surface area (Å²) in [6.07, 6.45) is 1.35. The largest absolute Gasteiger partial charge is 0.308 e. The average Bonchev–Trinajstić information content (AvgIpc) is 2.23. The van der Waals surface area contributed by atoms with Crippen LogP contribution in [-0.2, 0) is 6.54 Å². The van der Waals surface area contributed by atoms with E-state index in [0.29, 0.717) is 0 Å². The fourth-order valence-corrected chi connectivity index (χ4v) is 2.15. The summed E-state index contributed by atoms with van der Waals surface area (Å²) < 4.78 is 0. The van der Waals surface area contributed by atoms with Gasteiger partial charge in [0.2, 0.25) is 0 Å². The fraction of sp³-hybridized carbons (Fsp3) is 0.538. The topological polar surface area (TPSA) is 6.48 Å². The molecule has 1 unspecified atom stereocenters. The van der Waals surface area contributed by atoms with Crippen molar-refractivity contribution in [1.82, 2.24) is 9.80 Å². The number of hydrogen-bond donors (Lipinski definition) is 0. The lowest BCUT2D eigenvalue weighted by atomic mass is 10.0. The van der Waals surface area contributed by atoms with Gasteiger partial charge in [0.1, 0.15) is 0 Å². The van der Waals surface area contributed by atoms with Crippen LogP contribution in [0.1, 0.15) is 12.0 Å². The van der Waals surface area contributed by atoms with Gasteiger partial charge in [-0.3, -0.25) is 4.90 Å². The first-order chi connectivity index (χ1) is 7.25. The van der Waals surface area contributed by atoms with Gasteiger partial charge in [0.15, 0.2) is 0 Å². The summed E-state index contributed by atoms with van der Waals surface area (Å²) in [4.78, 5) is 4.84. The van der Waals surface area contributed by atoms with Crippen LogP contribution in [0.5, 0.6) is 0 Å². The van der Waals surface area contributed by atoms with Crippen LogP contribution < -0.4 is 0 Å². The molecule has 0 spiro atoms. The van der Waals surface area contributed by atoms with Gasteiger partial charge < -0.3 is 4.90 Å². The van der Waals surface area contributed by atoms with Gasteiger partial charge in [-0.05, 0) is 26.1 Å². The number of hydrogen-bond acceptors (Lipinski definition) is 2. The molecule has 0 amide bonds. The van der Waals surface area contributed by atoms with Gasteiger partial charge in [-0.15, -0.1) is 0 Å².